The second-order valence-corrected chi connectivity index (χ2v) is 4.61. The molecule has 1 saturated heterocycles. The summed E-state index contributed by atoms with van der Waals surface area (Å²) >= 11 is 4.12. The van der Waals surface area contributed by atoms with Crippen molar-refractivity contribution in [2.75, 3.05) is 11.4 Å². The van der Waals surface area contributed by atoms with Gasteiger partial charge in [-0.3, -0.25) is 4.79 Å². The number of rotatable bonds is 1. The average molecular weight is 261 g/mol. The topological polar surface area (TPSA) is 20.3 Å². The third-order valence-electron chi connectivity index (χ3n) is 2.60. The van der Waals surface area contributed by atoms with Gasteiger partial charge in [0.2, 0.25) is 5.91 Å². The fraction of sp³-hybridized carbons (Fsp3) is 0.364. The first kappa shape index (κ1) is 12.3. The van der Waals surface area contributed by atoms with Gasteiger partial charge in [-0.25, -0.2) is 0 Å². The molecule has 92 valence electrons. The van der Waals surface area contributed by atoms with Gasteiger partial charge >= 0.3 is 6.18 Å². The van der Waals surface area contributed by atoms with E-state index < -0.39 is 11.7 Å². The molecule has 1 atom stereocenters. The quantitative estimate of drug-likeness (QED) is 0.771. The molecule has 1 amide bonds. The van der Waals surface area contributed by atoms with Gasteiger partial charge in [0.05, 0.1) is 11.3 Å². The van der Waals surface area contributed by atoms with Crippen LogP contribution in [0, 0.1) is 0 Å². The Bertz CT molecular complexity index is 447. The Morgan fingerprint density at radius 2 is 1.94 bits per heavy atom. The lowest BCUT2D eigenvalue weighted by Gasteiger charge is -2.21. The zero-order valence-corrected chi connectivity index (χ0v) is 9.63. The molecular weight excluding hydrogens is 251 g/mol. The highest BCUT2D eigenvalue weighted by atomic mass is 32.1. The van der Waals surface area contributed by atoms with Crippen molar-refractivity contribution in [1.29, 1.82) is 0 Å². The molecule has 1 fully saturated rings. The van der Waals surface area contributed by atoms with Crippen LogP contribution in [0.5, 0.6) is 0 Å². The smallest absolute Gasteiger partial charge is 0.311 e. The average Bonchev–Trinajstić information content (AvgIpc) is 2.56. The minimum absolute atomic E-state index is 0.0819. The summed E-state index contributed by atoms with van der Waals surface area (Å²) < 4.78 is 38.3. The van der Waals surface area contributed by atoms with Crippen LogP contribution in [-0.2, 0) is 11.0 Å². The summed E-state index contributed by atoms with van der Waals surface area (Å²) in [5.74, 6) is -0.318. The largest absolute Gasteiger partial charge is 0.418 e. The Morgan fingerprint density at radius 1 is 1.29 bits per heavy atom. The third kappa shape index (κ3) is 2.41. The van der Waals surface area contributed by atoms with Crippen LogP contribution in [-0.4, -0.2) is 17.7 Å². The normalized spacial score (nSPS) is 21.1. The summed E-state index contributed by atoms with van der Waals surface area (Å²) in [6.45, 7) is 0.217. The van der Waals surface area contributed by atoms with E-state index in [4.69, 9.17) is 0 Å². The summed E-state index contributed by atoms with van der Waals surface area (Å²) in [6, 6.07) is 5.09. The molecule has 0 aliphatic carbocycles. The van der Waals surface area contributed by atoms with Gasteiger partial charge in [-0.05, 0) is 12.1 Å². The van der Waals surface area contributed by atoms with Gasteiger partial charge in [0.25, 0.3) is 0 Å². The van der Waals surface area contributed by atoms with Crippen molar-refractivity contribution in [3.8, 4) is 0 Å². The van der Waals surface area contributed by atoms with Crippen LogP contribution in [0.3, 0.4) is 0 Å². The summed E-state index contributed by atoms with van der Waals surface area (Å²) in [5, 5.41) is -0.205. The monoisotopic (exact) mass is 261 g/mol. The highest BCUT2D eigenvalue weighted by Gasteiger charge is 2.38. The predicted octanol–water partition coefficient (Wildman–Crippen LogP) is 2.74. The molecule has 0 aromatic heterocycles. The molecule has 1 unspecified atom stereocenters. The number of thiol groups is 1. The lowest BCUT2D eigenvalue weighted by atomic mass is 10.1. The van der Waals surface area contributed by atoms with E-state index in [1.54, 1.807) is 0 Å². The first-order valence-corrected chi connectivity index (χ1v) is 5.56. The van der Waals surface area contributed by atoms with Gasteiger partial charge in [0.1, 0.15) is 0 Å². The number of hydrogen-bond acceptors (Lipinski definition) is 2. The fourth-order valence-electron chi connectivity index (χ4n) is 1.87. The number of hydrogen-bond donors (Lipinski definition) is 1. The molecule has 0 spiro atoms. The van der Waals surface area contributed by atoms with Crippen LogP contribution in [0.4, 0.5) is 18.9 Å². The molecule has 1 aliphatic heterocycles. The van der Waals surface area contributed by atoms with Crippen molar-refractivity contribution in [3.63, 3.8) is 0 Å². The van der Waals surface area contributed by atoms with Crippen LogP contribution in [0.25, 0.3) is 0 Å². The maximum absolute atomic E-state index is 12.8. The molecule has 17 heavy (non-hydrogen) atoms. The number of para-hydroxylation sites is 1. The number of carbonyl (C=O) groups excluding carboxylic acids is 1. The Kier molecular flexibility index (Phi) is 3.07. The zero-order chi connectivity index (χ0) is 12.6. The van der Waals surface area contributed by atoms with Gasteiger partial charge in [0.15, 0.2) is 0 Å². The molecule has 6 heteroatoms. The molecule has 1 aromatic carbocycles. The predicted molar refractivity (Wildman–Crippen MR) is 61.2 cm³/mol. The molecule has 1 aliphatic rings. The third-order valence-corrected chi connectivity index (χ3v) is 2.95. The van der Waals surface area contributed by atoms with Crippen molar-refractivity contribution < 1.29 is 18.0 Å². The minimum Gasteiger partial charge on any atom is -0.311 e. The second-order valence-electron chi connectivity index (χ2n) is 3.88. The number of amides is 1. The van der Waals surface area contributed by atoms with Gasteiger partial charge in [-0.2, -0.15) is 25.8 Å². The number of benzene rings is 1. The minimum atomic E-state index is -4.45. The van der Waals surface area contributed by atoms with E-state index in [0.29, 0.717) is 0 Å². The fourth-order valence-corrected chi connectivity index (χ4v) is 2.19. The van der Waals surface area contributed by atoms with E-state index in [0.717, 1.165) is 11.0 Å². The highest BCUT2D eigenvalue weighted by molar-refractivity contribution is 7.81. The van der Waals surface area contributed by atoms with Crippen molar-refractivity contribution in [2.45, 2.75) is 17.8 Å². The lowest BCUT2D eigenvalue weighted by molar-refractivity contribution is -0.137. The molecule has 2 nitrogen and oxygen atoms in total. The highest BCUT2D eigenvalue weighted by Crippen LogP contribution is 2.38. The molecule has 1 heterocycles. The van der Waals surface area contributed by atoms with Gasteiger partial charge < -0.3 is 4.90 Å². The van der Waals surface area contributed by atoms with E-state index in [-0.39, 0.29) is 29.8 Å². The van der Waals surface area contributed by atoms with E-state index in [1.165, 1.54) is 18.2 Å². The maximum Gasteiger partial charge on any atom is 0.418 e. The Hall–Kier alpha value is -1.17. The molecule has 2 rings (SSSR count). The van der Waals surface area contributed by atoms with E-state index in [1.807, 2.05) is 0 Å². The van der Waals surface area contributed by atoms with Gasteiger partial charge in [0, 0.05) is 18.2 Å². The van der Waals surface area contributed by atoms with Crippen LogP contribution in [0.15, 0.2) is 24.3 Å². The van der Waals surface area contributed by atoms with Crippen LogP contribution in [0.1, 0.15) is 12.0 Å². The Labute approximate surface area is 102 Å². The van der Waals surface area contributed by atoms with Crippen molar-refractivity contribution in [3.05, 3.63) is 29.8 Å². The Balaban J connectivity index is 2.42. The summed E-state index contributed by atoms with van der Waals surface area (Å²) in [6.07, 6.45) is -4.28. The first-order valence-electron chi connectivity index (χ1n) is 5.04. The van der Waals surface area contributed by atoms with E-state index in [2.05, 4.69) is 12.6 Å². The summed E-state index contributed by atoms with van der Waals surface area (Å²) in [7, 11) is 0. The van der Waals surface area contributed by atoms with Crippen LogP contribution < -0.4 is 4.90 Å². The number of halogens is 3. The van der Waals surface area contributed by atoms with E-state index >= 15 is 0 Å². The second kappa shape index (κ2) is 4.25. The standard InChI is InChI=1S/C11H10F3NOS/c12-11(13,14)8-3-1-2-4-9(8)15-6-7(17)5-10(15)16/h1-4,7,17H,5-6H2. The molecule has 0 bridgehead atoms. The van der Waals surface area contributed by atoms with Gasteiger partial charge in [-0.1, -0.05) is 12.1 Å². The summed E-state index contributed by atoms with van der Waals surface area (Å²) in [4.78, 5) is 12.7. The number of anilines is 1. The zero-order valence-electron chi connectivity index (χ0n) is 8.74. The van der Waals surface area contributed by atoms with Crippen molar-refractivity contribution >= 4 is 24.2 Å². The maximum atomic E-state index is 12.8. The molecule has 0 radical (unpaired) electrons. The SMILES string of the molecule is O=C1CC(S)CN1c1ccccc1C(F)(F)F. The number of nitrogens with zero attached hydrogens (tertiary/aromatic N) is 1. The van der Waals surface area contributed by atoms with Crippen LogP contribution >= 0.6 is 12.6 Å². The molecule has 0 saturated carbocycles. The molecule has 1 aromatic rings. The summed E-state index contributed by atoms with van der Waals surface area (Å²) in [5.41, 5.74) is -0.864. The van der Waals surface area contributed by atoms with Crippen molar-refractivity contribution in [2.24, 2.45) is 0 Å². The number of carbonyl (C=O) groups is 1. The molecule has 0 N–H and O–H groups in total. The van der Waals surface area contributed by atoms with Gasteiger partial charge in [-0.15, -0.1) is 0 Å². The van der Waals surface area contributed by atoms with E-state index in [9.17, 15) is 18.0 Å². The number of alkyl halides is 3. The van der Waals surface area contributed by atoms with Crippen LogP contribution in [0.2, 0.25) is 0 Å². The molecular formula is C11H10F3NOS. The Morgan fingerprint density at radius 3 is 2.47 bits per heavy atom. The first-order chi connectivity index (χ1) is 7.89. The lowest BCUT2D eigenvalue weighted by Crippen LogP contribution is -2.27. The van der Waals surface area contributed by atoms with Crippen molar-refractivity contribution in [1.82, 2.24) is 0 Å².